The topological polar surface area (TPSA) is 77.0 Å². The molecule has 0 atom stereocenters. The first-order valence-corrected chi connectivity index (χ1v) is 5.29. The van der Waals surface area contributed by atoms with Gasteiger partial charge in [0.2, 0.25) is 5.89 Å². The van der Waals surface area contributed by atoms with Crippen molar-refractivity contribution in [3.05, 3.63) is 29.9 Å². The van der Waals surface area contributed by atoms with Gasteiger partial charge in [0.05, 0.1) is 25.2 Å². The van der Waals surface area contributed by atoms with Crippen molar-refractivity contribution in [2.75, 3.05) is 0 Å². The van der Waals surface area contributed by atoms with E-state index in [1.807, 2.05) is 4.57 Å². The number of aromatic nitrogens is 4. The predicted molar refractivity (Wildman–Crippen MR) is 53.5 cm³/mol. The number of imidazole rings is 1. The molecule has 16 heavy (non-hydrogen) atoms. The summed E-state index contributed by atoms with van der Waals surface area (Å²) in [7, 11) is 0. The zero-order valence-corrected chi connectivity index (χ0v) is 8.70. The third kappa shape index (κ3) is 1.83. The fraction of sp³-hybridized carbons (Fsp3) is 0.500. The van der Waals surface area contributed by atoms with E-state index in [4.69, 9.17) is 9.63 Å². The third-order valence-corrected chi connectivity index (χ3v) is 2.58. The van der Waals surface area contributed by atoms with E-state index in [9.17, 15) is 0 Å². The van der Waals surface area contributed by atoms with Gasteiger partial charge in [-0.3, -0.25) is 0 Å². The summed E-state index contributed by atoms with van der Waals surface area (Å²) in [6.07, 6.45) is 5.73. The second-order valence-corrected chi connectivity index (χ2v) is 4.02. The van der Waals surface area contributed by atoms with E-state index in [1.54, 1.807) is 12.5 Å². The lowest BCUT2D eigenvalue weighted by atomic mass is 10.4. The fourth-order valence-corrected chi connectivity index (χ4v) is 1.57. The molecule has 0 spiro atoms. The molecule has 1 saturated carbocycles. The molecule has 3 rings (SSSR count). The quantitative estimate of drug-likeness (QED) is 0.820. The molecule has 2 aromatic heterocycles. The Labute approximate surface area is 91.9 Å². The normalized spacial score (nSPS) is 15.6. The highest BCUT2D eigenvalue weighted by Gasteiger charge is 2.29. The van der Waals surface area contributed by atoms with Crippen molar-refractivity contribution < 1.29 is 9.63 Å². The SMILES string of the molecule is OCc1cn(Cc2noc(C3CC3)n2)cn1. The maximum absolute atomic E-state index is 8.88. The first-order chi connectivity index (χ1) is 7.85. The van der Waals surface area contributed by atoms with Crippen LogP contribution in [0.5, 0.6) is 0 Å². The van der Waals surface area contributed by atoms with E-state index < -0.39 is 0 Å². The first-order valence-electron chi connectivity index (χ1n) is 5.29. The van der Waals surface area contributed by atoms with Crippen LogP contribution in [0.25, 0.3) is 0 Å². The van der Waals surface area contributed by atoms with Crippen LogP contribution in [0.4, 0.5) is 0 Å². The van der Waals surface area contributed by atoms with Gasteiger partial charge in [-0.25, -0.2) is 4.98 Å². The Morgan fingerprint density at radius 3 is 3.06 bits per heavy atom. The Morgan fingerprint density at radius 2 is 2.38 bits per heavy atom. The fourth-order valence-electron chi connectivity index (χ4n) is 1.57. The highest BCUT2D eigenvalue weighted by molar-refractivity contribution is 5.03. The van der Waals surface area contributed by atoms with Gasteiger partial charge in [-0.15, -0.1) is 0 Å². The lowest BCUT2D eigenvalue weighted by molar-refractivity contribution is 0.277. The van der Waals surface area contributed by atoms with Gasteiger partial charge in [0.1, 0.15) is 0 Å². The second-order valence-electron chi connectivity index (χ2n) is 4.02. The van der Waals surface area contributed by atoms with Crippen LogP contribution in [0.3, 0.4) is 0 Å². The molecule has 84 valence electrons. The molecule has 0 amide bonds. The number of hydrogen-bond acceptors (Lipinski definition) is 5. The Bertz CT molecular complexity index is 486. The first kappa shape index (κ1) is 9.53. The van der Waals surface area contributed by atoms with Crippen LogP contribution in [0.1, 0.15) is 36.2 Å². The van der Waals surface area contributed by atoms with Crippen molar-refractivity contribution in [3.63, 3.8) is 0 Å². The molecule has 6 nitrogen and oxygen atoms in total. The molecule has 0 aromatic carbocycles. The van der Waals surface area contributed by atoms with Gasteiger partial charge < -0.3 is 14.2 Å². The van der Waals surface area contributed by atoms with E-state index >= 15 is 0 Å². The number of nitrogens with zero attached hydrogens (tertiary/aromatic N) is 4. The van der Waals surface area contributed by atoms with Gasteiger partial charge in [-0.1, -0.05) is 5.16 Å². The van der Waals surface area contributed by atoms with Crippen molar-refractivity contribution in [2.24, 2.45) is 0 Å². The largest absolute Gasteiger partial charge is 0.390 e. The molecule has 0 radical (unpaired) electrons. The monoisotopic (exact) mass is 220 g/mol. The highest BCUT2D eigenvalue weighted by Crippen LogP contribution is 2.38. The van der Waals surface area contributed by atoms with Crippen molar-refractivity contribution in [3.8, 4) is 0 Å². The molecule has 1 fully saturated rings. The zero-order chi connectivity index (χ0) is 11.0. The van der Waals surface area contributed by atoms with Crippen molar-refractivity contribution in [1.29, 1.82) is 0 Å². The van der Waals surface area contributed by atoms with Crippen molar-refractivity contribution in [2.45, 2.75) is 31.9 Å². The summed E-state index contributed by atoms with van der Waals surface area (Å²) < 4.78 is 6.98. The smallest absolute Gasteiger partial charge is 0.229 e. The van der Waals surface area contributed by atoms with Gasteiger partial charge in [0.25, 0.3) is 0 Å². The Balaban J connectivity index is 1.72. The van der Waals surface area contributed by atoms with E-state index in [0.29, 0.717) is 24.0 Å². The second kappa shape index (κ2) is 3.71. The zero-order valence-electron chi connectivity index (χ0n) is 8.70. The summed E-state index contributed by atoms with van der Waals surface area (Å²) in [5, 5.41) is 12.8. The predicted octanol–water partition coefficient (Wildman–Crippen LogP) is 0.684. The molecular weight excluding hydrogens is 208 g/mol. The van der Waals surface area contributed by atoms with Crippen molar-refractivity contribution >= 4 is 0 Å². The summed E-state index contributed by atoms with van der Waals surface area (Å²) >= 11 is 0. The summed E-state index contributed by atoms with van der Waals surface area (Å²) in [4.78, 5) is 8.33. The van der Waals surface area contributed by atoms with E-state index in [-0.39, 0.29) is 6.61 Å². The molecule has 0 bridgehead atoms. The molecular formula is C10H12N4O2. The average Bonchev–Trinajstić information content (AvgIpc) is 2.88. The maximum Gasteiger partial charge on any atom is 0.229 e. The molecule has 1 aliphatic rings. The molecule has 2 heterocycles. The molecule has 0 saturated heterocycles. The average molecular weight is 220 g/mol. The molecule has 0 unspecified atom stereocenters. The number of rotatable bonds is 4. The van der Waals surface area contributed by atoms with Crippen LogP contribution >= 0.6 is 0 Å². The van der Waals surface area contributed by atoms with Crippen LogP contribution in [0.2, 0.25) is 0 Å². The van der Waals surface area contributed by atoms with Gasteiger partial charge in [0.15, 0.2) is 5.82 Å². The molecule has 2 aromatic rings. The Morgan fingerprint density at radius 1 is 1.50 bits per heavy atom. The highest BCUT2D eigenvalue weighted by atomic mass is 16.5. The minimum Gasteiger partial charge on any atom is -0.390 e. The standard InChI is InChI=1S/C10H12N4O2/c15-5-8-3-14(6-11-8)4-9-12-10(16-13-9)7-1-2-7/h3,6-7,15H,1-2,4-5H2. The van der Waals surface area contributed by atoms with Gasteiger partial charge in [-0.2, -0.15) is 4.98 Å². The number of aliphatic hydroxyl groups is 1. The molecule has 6 heteroatoms. The van der Waals surface area contributed by atoms with E-state index in [2.05, 4.69) is 15.1 Å². The van der Waals surface area contributed by atoms with Crippen LogP contribution in [0, 0.1) is 0 Å². The van der Waals surface area contributed by atoms with Crippen LogP contribution in [-0.2, 0) is 13.2 Å². The Hall–Kier alpha value is -1.69. The molecule has 1 N–H and O–H groups in total. The van der Waals surface area contributed by atoms with Gasteiger partial charge in [0, 0.05) is 12.1 Å². The van der Waals surface area contributed by atoms with Gasteiger partial charge >= 0.3 is 0 Å². The van der Waals surface area contributed by atoms with Crippen molar-refractivity contribution in [1.82, 2.24) is 19.7 Å². The molecule has 1 aliphatic carbocycles. The lowest BCUT2D eigenvalue weighted by Crippen LogP contribution is -1.98. The van der Waals surface area contributed by atoms with Crippen LogP contribution in [-0.4, -0.2) is 24.8 Å². The summed E-state index contributed by atoms with van der Waals surface area (Å²) in [5.74, 6) is 1.89. The minimum absolute atomic E-state index is 0.0490. The molecule has 0 aliphatic heterocycles. The van der Waals surface area contributed by atoms with E-state index in [0.717, 1.165) is 18.7 Å². The summed E-state index contributed by atoms with van der Waals surface area (Å²) in [5.41, 5.74) is 0.644. The number of hydrogen-bond donors (Lipinski definition) is 1. The van der Waals surface area contributed by atoms with Gasteiger partial charge in [-0.05, 0) is 12.8 Å². The minimum atomic E-state index is -0.0490. The van der Waals surface area contributed by atoms with E-state index in [1.165, 1.54) is 0 Å². The lowest BCUT2D eigenvalue weighted by Gasteiger charge is -1.94. The third-order valence-electron chi connectivity index (χ3n) is 2.58. The summed E-state index contributed by atoms with van der Waals surface area (Å²) in [6, 6.07) is 0. The maximum atomic E-state index is 8.88. The Kier molecular flexibility index (Phi) is 2.21. The van der Waals surface area contributed by atoms with Crippen LogP contribution < -0.4 is 0 Å². The van der Waals surface area contributed by atoms with Crippen LogP contribution in [0.15, 0.2) is 17.0 Å². The number of aliphatic hydroxyl groups excluding tert-OH is 1. The summed E-state index contributed by atoms with van der Waals surface area (Å²) in [6.45, 7) is 0.482.